The zero-order chi connectivity index (χ0) is 17.5. The van der Waals surface area contributed by atoms with Crippen LogP contribution in [0.4, 0.5) is 0 Å². The second-order valence-corrected chi connectivity index (χ2v) is 11.8. The van der Waals surface area contributed by atoms with Gasteiger partial charge >= 0.3 is 5.97 Å². The Balaban J connectivity index is 1.51. The second kappa shape index (κ2) is 4.28. The van der Waals surface area contributed by atoms with Gasteiger partial charge in [-0.3, -0.25) is 4.79 Å². The Labute approximate surface area is 156 Å². The summed E-state index contributed by atoms with van der Waals surface area (Å²) in [5.41, 5.74) is -0.0325. The lowest BCUT2D eigenvalue weighted by molar-refractivity contribution is -0.261. The van der Waals surface area contributed by atoms with Crippen molar-refractivity contribution in [2.45, 2.75) is 64.7 Å². The van der Waals surface area contributed by atoms with Gasteiger partial charge in [0.2, 0.25) is 0 Å². The van der Waals surface area contributed by atoms with Crippen molar-refractivity contribution in [2.24, 2.45) is 63.6 Å². The van der Waals surface area contributed by atoms with Crippen LogP contribution >= 0.6 is 0 Å². The largest absolute Gasteiger partial charge is 0.481 e. The van der Waals surface area contributed by atoms with Crippen LogP contribution in [0.25, 0.3) is 0 Å². The molecule has 0 aliphatic heterocycles. The van der Waals surface area contributed by atoms with E-state index < -0.39 is 11.4 Å². The summed E-state index contributed by atoms with van der Waals surface area (Å²) in [5.74, 6) is 5.70. The third kappa shape index (κ3) is 1.26. The molecule has 0 radical (unpaired) electrons. The summed E-state index contributed by atoms with van der Waals surface area (Å²) in [7, 11) is 0. The molecule has 8 rings (SSSR count). The molecule has 0 saturated heterocycles. The molecule has 0 aromatic carbocycles. The summed E-state index contributed by atoms with van der Waals surface area (Å²) < 4.78 is 0. The zero-order valence-electron chi connectivity index (χ0n) is 16.0. The fourth-order valence-corrected chi connectivity index (χ4v) is 11.5. The van der Waals surface area contributed by atoms with Crippen LogP contribution in [0.3, 0.4) is 0 Å². The summed E-state index contributed by atoms with van der Waals surface area (Å²) in [6.07, 6.45) is 17.1. The monoisotopic (exact) mass is 352 g/mol. The van der Waals surface area contributed by atoms with E-state index in [2.05, 4.69) is 19.1 Å². The molecule has 7 saturated carbocycles. The van der Waals surface area contributed by atoms with E-state index in [-0.39, 0.29) is 5.41 Å². The van der Waals surface area contributed by atoms with E-state index in [9.17, 15) is 9.90 Å². The van der Waals surface area contributed by atoms with Gasteiger partial charge in [0.15, 0.2) is 0 Å². The Bertz CT molecular complexity index is 724. The highest BCUT2D eigenvalue weighted by Gasteiger charge is 2.81. The molecule has 8 bridgehead atoms. The summed E-state index contributed by atoms with van der Waals surface area (Å²) in [6, 6.07) is 0. The standard InChI is InChI=1S/C24H32O2/c1-22(21(25)26)19-7-13-6-14(8-19)12-23(22,11-13)24-17-4-2-15(9-17)20(24)16-3-5-18(24)10-16/h2,4,13-20H,3,5-12H2,1H3,(H,25,26). The maximum Gasteiger partial charge on any atom is 0.310 e. The van der Waals surface area contributed by atoms with Crippen LogP contribution in [0.5, 0.6) is 0 Å². The topological polar surface area (TPSA) is 37.3 Å². The van der Waals surface area contributed by atoms with Gasteiger partial charge in [0.05, 0.1) is 5.41 Å². The first-order chi connectivity index (χ1) is 12.5. The molecule has 0 spiro atoms. The van der Waals surface area contributed by atoms with E-state index in [0.29, 0.717) is 17.3 Å². The fraction of sp³-hybridized carbons (Fsp3) is 0.875. The normalized spacial score (nSPS) is 65.9. The average molecular weight is 353 g/mol. The van der Waals surface area contributed by atoms with Gasteiger partial charge in [-0.05, 0) is 123 Å². The number of hydrogen-bond acceptors (Lipinski definition) is 1. The lowest BCUT2D eigenvalue weighted by Gasteiger charge is -2.73. The fourth-order valence-electron chi connectivity index (χ4n) is 11.5. The van der Waals surface area contributed by atoms with E-state index in [1.165, 1.54) is 57.8 Å². The minimum absolute atomic E-state index is 0.0925. The van der Waals surface area contributed by atoms with Crippen molar-refractivity contribution in [1.82, 2.24) is 0 Å². The second-order valence-electron chi connectivity index (χ2n) is 11.8. The molecular formula is C24H32O2. The SMILES string of the molecule is CC1(C(=O)O)C2CC3CC(C2)CC1(C12C4C=CC(C4)C1C1CCC2C1)C3. The van der Waals surface area contributed by atoms with Gasteiger partial charge in [0.25, 0.3) is 0 Å². The quantitative estimate of drug-likeness (QED) is 0.552. The third-order valence-corrected chi connectivity index (χ3v) is 11.7. The van der Waals surface area contributed by atoms with Crippen LogP contribution < -0.4 is 0 Å². The number of rotatable bonds is 2. The zero-order valence-corrected chi connectivity index (χ0v) is 16.0. The minimum Gasteiger partial charge on any atom is -0.481 e. The Morgan fingerprint density at radius 2 is 1.73 bits per heavy atom. The molecule has 140 valence electrons. The van der Waals surface area contributed by atoms with Crippen molar-refractivity contribution >= 4 is 5.97 Å². The molecule has 2 nitrogen and oxygen atoms in total. The first kappa shape index (κ1) is 15.2. The number of aliphatic carboxylic acids is 1. The smallest absolute Gasteiger partial charge is 0.310 e. The number of carboxylic acid groups (broad SMARTS) is 1. The van der Waals surface area contributed by atoms with Crippen molar-refractivity contribution in [3.63, 3.8) is 0 Å². The third-order valence-electron chi connectivity index (χ3n) is 11.7. The molecule has 2 heteroatoms. The molecule has 0 aromatic rings. The van der Waals surface area contributed by atoms with E-state index in [0.717, 1.165) is 35.5 Å². The van der Waals surface area contributed by atoms with E-state index in [1.807, 2.05) is 0 Å². The molecule has 0 amide bonds. The van der Waals surface area contributed by atoms with Gasteiger partial charge in [-0.1, -0.05) is 12.2 Å². The molecule has 26 heavy (non-hydrogen) atoms. The average Bonchev–Trinajstić information content (AvgIpc) is 3.36. The van der Waals surface area contributed by atoms with E-state index in [4.69, 9.17) is 0 Å². The van der Waals surface area contributed by atoms with Gasteiger partial charge in [-0.15, -0.1) is 0 Å². The highest BCUT2D eigenvalue weighted by molar-refractivity contribution is 5.77. The van der Waals surface area contributed by atoms with Crippen molar-refractivity contribution < 1.29 is 9.90 Å². The molecular weight excluding hydrogens is 320 g/mol. The Morgan fingerprint density at radius 1 is 0.962 bits per heavy atom. The van der Waals surface area contributed by atoms with Crippen molar-refractivity contribution in [3.8, 4) is 0 Å². The molecule has 8 aliphatic carbocycles. The molecule has 8 aliphatic rings. The van der Waals surface area contributed by atoms with Gasteiger partial charge in [-0.25, -0.2) is 0 Å². The first-order valence-corrected chi connectivity index (χ1v) is 11.4. The maximum atomic E-state index is 13.0. The lowest BCUT2D eigenvalue weighted by Crippen LogP contribution is -2.70. The predicted octanol–water partition coefficient (Wildman–Crippen LogP) is 5.14. The van der Waals surface area contributed by atoms with Crippen LogP contribution in [0.15, 0.2) is 12.2 Å². The molecule has 9 unspecified atom stereocenters. The van der Waals surface area contributed by atoms with Gasteiger partial charge < -0.3 is 5.11 Å². The summed E-state index contributed by atoms with van der Waals surface area (Å²) >= 11 is 0. The highest BCUT2D eigenvalue weighted by Crippen LogP contribution is 2.85. The minimum atomic E-state index is -0.471. The van der Waals surface area contributed by atoms with Crippen LogP contribution in [0.2, 0.25) is 0 Å². The van der Waals surface area contributed by atoms with Crippen LogP contribution in [-0.4, -0.2) is 11.1 Å². The highest BCUT2D eigenvalue weighted by atomic mass is 16.4. The summed E-state index contributed by atoms with van der Waals surface area (Å²) in [5, 5.41) is 10.7. The van der Waals surface area contributed by atoms with E-state index in [1.54, 1.807) is 0 Å². The van der Waals surface area contributed by atoms with Gasteiger partial charge in [-0.2, -0.15) is 0 Å². The maximum absolute atomic E-state index is 13.0. The number of carbonyl (C=O) groups is 1. The van der Waals surface area contributed by atoms with Crippen molar-refractivity contribution in [3.05, 3.63) is 12.2 Å². The number of fused-ring (bicyclic) bond motifs is 9. The van der Waals surface area contributed by atoms with Crippen molar-refractivity contribution in [1.29, 1.82) is 0 Å². The van der Waals surface area contributed by atoms with Crippen LogP contribution in [0.1, 0.15) is 64.7 Å². The molecule has 1 N–H and O–H groups in total. The molecule has 0 heterocycles. The molecule has 7 fully saturated rings. The lowest BCUT2D eigenvalue weighted by atomic mass is 9.30. The van der Waals surface area contributed by atoms with Crippen molar-refractivity contribution in [2.75, 3.05) is 0 Å². The Morgan fingerprint density at radius 3 is 2.46 bits per heavy atom. The van der Waals surface area contributed by atoms with Gasteiger partial charge in [0, 0.05) is 0 Å². The number of carboxylic acids is 1. The number of hydrogen-bond donors (Lipinski definition) is 1. The Hall–Kier alpha value is -0.790. The van der Waals surface area contributed by atoms with Crippen LogP contribution in [0, 0.1) is 63.6 Å². The molecule has 9 atom stereocenters. The first-order valence-electron chi connectivity index (χ1n) is 11.4. The van der Waals surface area contributed by atoms with Crippen LogP contribution in [-0.2, 0) is 4.79 Å². The van der Waals surface area contributed by atoms with E-state index >= 15 is 0 Å². The van der Waals surface area contributed by atoms with Gasteiger partial charge in [0.1, 0.15) is 0 Å². The molecule has 0 aromatic heterocycles. The summed E-state index contributed by atoms with van der Waals surface area (Å²) in [6.45, 7) is 2.23. The Kier molecular flexibility index (Phi) is 2.50. The summed E-state index contributed by atoms with van der Waals surface area (Å²) in [4.78, 5) is 13.0. The number of allylic oxidation sites excluding steroid dienone is 2. The predicted molar refractivity (Wildman–Crippen MR) is 99.2 cm³/mol.